The molecule has 0 atom stereocenters. The molecule has 0 saturated heterocycles. The molecule has 1 heterocycles. The molecule has 17 heavy (non-hydrogen) atoms. The molecule has 92 valence electrons. The Hall–Kier alpha value is -2.18. The van der Waals surface area contributed by atoms with Gasteiger partial charge in [-0.3, -0.25) is 14.4 Å². The zero-order valence-corrected chi connectivity index (χ0v) is 9.36. The zero-order chi connectivity index (χ0) is 12.7. The van der Waals surface area contributed by atoms with Gasteiger partial charge in [0, 0.05) is 12.7 Å². The lowest BCUT2D eigenvalue weighted by Gasteiger charge is -2.04. The molecule has 1 aromatic rings. The number of rotatable bonds is 5. The first-order chi connectivity index (χ1) is 8.13. The SMILES string of the molecule is CCOC(=O)CCNC(=O)c1c[nH]c(=O)cn1. The number of H-pyrrole nitrogens is 1. The minimum Gasteiger partial charge on any atom is -0.466 e. The zero-order valence-electron chi connectivity index (χ0n) is 9.36. The predicted molar refractivity (Wildman–Crippen MR) is 58.4 cm³/mol. The number of carbonyl (C=O) groups excluding carboxylic acids is 2. The lowest BCUT2D eigenvalue weighted by molar-refractivity contribution is -0.142. The highest BCUT2D eigenvalue weighted by Gasteiger charge is 2.07. The summed E-state index contributed by atoms with van der Waals surface area (Å²) in [5.74, 6) is -0.826. The average Bonchev–Trinajstić information content (AvgIpc) is 2.30. The van der Waals surface area contributed by atoms with Crippen LogP contribution in [0.4, 0.5) is 0 Å². The number of hydrogen-bond donors (Lipinski definition) is 2. The standard InChI is InChI=1S/C10H13N3O4/c1-2-17-9(15)3-4-11-10(16)7-5-13-8(14)6-12-7/h5-6H,2-4H2,1H3,(H,11,16)(H,13,14). The van der Waals surface area contributed by atoms with E-state index in [1.54, 1.807) is 6.92 Å². The van der Waals surface area contributed by atoms with E-state index in [0.717, 1.165) is 6.20 Å². The summed E-state index contributed by atoms with van der Waals surface area (Å²) < 4.78 is 4.69. The average molecular weight is 239 g/mol. The normalized spacial score (nSPS) is 9.71. The minimum absolute atomic E-state index is 0.0912. The van der Waals surface area contributed by atoms with Crippen LogP contribution >= 0.6 is 0 Å². The summed E-state index contributed by atoms with van der Waals surface area (Å²) in [5.41, 5.74) is -0.290. The molecular formula is C10H13N3O4. The smallest absolute Gasteiger partial charge is 0.307 e. The van der Waals surface area contributed by atoms with Crippen molar-refractivity contribution in [1.29, 1.82) is 0 Å². The fraction of sp³-hybridized carbons (Fsp3) is 0.400. The maximum atomic E-state index is 11.4. The van der Waals surface area contributed by atoms with Crippen LogP contribution in [0.3, 0.4) is 0 Å². The number of carbonyl (C=O) groups is 2. The number of amides is 1. The van der Waals surface area contributed by atoms with Gasteiger partial charge in [0.2, 0.25) is 0 Å². The van der Waals surface area contributed by atoms with E-state index < -0.39 is 5.91 Å². The summed E-state index contributed by atoms with van der Waals surface area (Å²) in [4.78, 5) is 39.1. The van der Waals surface area contributed by atoms with E-state index in [1.807, 2.05) is 0 Å². The number of nitrogens with one attached hydrogen (secondary N) is 2. The molecule has 0 fully saturated rings. The molecule has 0 radical (unpaired) electrons. The third kappa shape index (κ3) is 4.45. The number of aromatic nitrogens is 2. The van der Waals surface area contributed by atoms with Crippen LogP contribution in [-0.4, -0.2) is 35.0 Å². The van der Waals surface area contributed by atoms with Crippen LogP contribution in [0.5, 0.6) is 0 Å². The largest absolute Gasteiger partial charge is 0.466 e. The second kappa shape index (κ2) is 6.41. The van der Waals surface area contributed by atoms with E-state index in [0.29, 0.717) is 6.61 Å². The molecule has 0 aliphatic rings. The second-order valence-electron chi connectivity index (χ2n) is 3.11. The van der Waals surface area contributed by atoms with Crippen molar-refractivity contribution in [2.24, 2.45) is 0 Å². The highest BCUT2D eigenvalue weighted by molar-refractivity contribution is 5.92. The number of esters is 1. The molecule has 0 bridgehead atoms. The van der Waals surface area contributed by atoms with Crippen molar-refractivity contribution in [3.05, 3.63) is 28.4 Å². The van der Waals surface area contributed by atoms with Gasteiger partial charge >= 0.3 is 5.97 Å². The number of hydrogen-bond acceptors (Lipinski definition) is 5. The highest BCUT2D eigenvalue weighted by Crippen LogP contribution is 1.89. The van der Waals surface area contributed by atoms with E-state index >= 15 is 0 Å². The van der Waals surface area contributed by atoms with Crippen molar-refractivity contribution in [2.75, 3.05) is 13.2 Å². The van der Waals surface area contributed by atoms with E-state index in [1.165, 1.54) is 6.20 Å². The monoisotopic (exact) mass is 239 g/mol. The van der Waals surface area contributed by atoms with Crippen LogP contribution in [0.25, 0.3) is 0 Å². The molecule has 1 aromatic heterocycles. The molecule has 2 N–H and O–H groups in total. The quantitative estimate of drug-likeness (QED) is 0.671. The Morgan fingerprint density at radius 1 is 1.53 bits per heavy atom. The number of ether oxygens (including phenoxy) is 1. The van der Waals surface area contributed by atoms with Crippen LogP contribution in [0, 0.1) is 0 Å². The molecule has 7 nitrogen and oxygen atoms in total. The second-order valence-corrected chi connectivity index (χ2v) is 3.11. The fourth-order valence-electron chi connectivity index (χ4n) is 1.07. The van der Waals surface area contributed by atoms with Crippen molar-refractivity contribution in [3.8, 4) is 0 Å². The molecule has 0 unspecified atom stereocenters. The van der Waals surface area contributed by atoms with Gasteiger partial charge < -0.3 is 15.0 Å². The first-order valence-electron chi connectivity index (χ1n) is 5.12. The Morgan fingerprint density at radius 2 is 2.29 bits per heavy atom. The van der Waals surface area contributed by atoms with Crippen molar-refractivity contribution < 1.29 is 14.3 Å². The van der Waals surface area contributed by atoms with Crippen molar-refractivity contribution in [2.45, 2.75) is 13.3 Å². The van der Waals surface area contributed by atoms with Gasteiger partial charge in [-0.05, 0) is 6.92 Å². The Bertz CT molecular complexity index is 435. The Morgan fingerprint density at radius 3 is 2.88 bits per heavy atom. The van der Waals surface area contributed by atoms with Gasteiger partial charge in [-0.25, -0.2) is 4.98 Å². The van der Waals surface area contributed by atoms with Gasteiger partial charge in [-0.2, -0.15) is 0 Å². The predicted octanol–water partition coefficient (Wildman–Crippen LogP) is -0.547. The summed E-state index contributed by atoms with van der Waals surface area (Å²) in [6, 6.07) is 0. The van der Waals surface area contributed by atoms with Crippen LogP contribution in [-0.2, 0) is 9.53 Å². The Labute approximate surface area is 97.2 Å². The minimum atomic E-state index is -0.453. The van der Waals surface area contributed by atoms with E-state index in [-0.39, 0.29) is 30.2 Å². The van der Waals surface area contributed by atoms with Crippen LogP contribution in [0.1, 0.15) is 23.8 Å². The van der Waals surface area contributed by atoms with Gasteiger partial charge in [0.1, 0.15) is 5.69 Å². The van der Waals surface area contributed by atoms with Crippen LogP contribution < -0.4 is 10.9 Å². The summed E-state index contributed by atoms with van der Waals surface area (Å²) in [6.07, 6.45) is 2.32. The van der Waals surface area contributed by atoms with Gasteiger partial charge in [0.15, 0.2) is 0 Å². The molecule has 0 aliphatic heterocycles. The Kier molecular flexibility index (Phi) is 4.86. The first kappa shape index (κ1) is 12.9. The molecule has 1 amide bonds. The molecule has 1 rings (SSSR count). The third-order valence-electron chi connectivity index (χ3n) is 1.82. The lowest BCUT2D eigenvalue weighted by atomic mass is 10.4. The lowest BCUT2D eigenvalue weighted by Crippen LogP contribution is -2.28. The molecule has 0 spiro atoms. The molecule has 7 heteroatoms. The molecule has 0 aromatic carbocycles. The number of nitrogens with zero attached hydrogens (tertiary/aromatic N) is 1. The summed E-state index contributed by atoms with van der Waals surface area (Å²) in [7, 11) is 0. The van der Waals surface area contributed by atoms with Crippen LogP contribution in [0.15, 0.2) is 17.2 Å². The molecule has 0 aliphatic carbocycles. The van der Waals surface area contributed by atoms with E-state index in [9.17, 15) is 14.4 Å². The first-order valence-corrected chi connectivity index (χ1v) is 5.12. The number of aromatic amines is 1. The van der Waals surface area contributed by atoms with Crippen molar-refractivity contribution in [3.63, 3.8) is 0 Å². The summed E-state index contributed by atoms with van der Waals surface area (Å²) in [6.45, 7) is 2.19. The third-order valence-corrected chi connectivity index (χ3v) is 1.82. The fourth-order valence-corrected chi connectivity index (χ4v) is 1.07. The van der Waals surface area contributed by atoms with Crippen LogP contribution in [0.2, 0.25) is 0 Å². The molecular weight excluding hydrogens is 226 g/mol. The maximum absolute atomic E-state index is 11.4. The van der Waals surface area contributed by atoms with Gasteiger partial charge in [0.25, 0.3) is 11.5 Å². The van der Waals surface area contributed by atoms with Gasteiger partial charge in [0.05, 0.1) is 19.2 Å². The Balaban J connectivity index is 2.37. The maximum Gasteiger partial charge on any atom is 0.307 e. The summed E-state index contributed by atoms with van der Waals surface area (Å²) in [5, 5.41) is 2.48. The van der Waals surface area contributed by atoms with Crippen molar-refractivity contribution >= 4 is 11.9 Å². The topological polar surface area (TPSA) is 101 Å². The van der Waals surface area contributed by atoms with Gasteiger partial charge in [-0.15, -0.1) is 0 Å². The summed E-state index contributed by atoms with van der Waals surface area (Å²) >= 11 is 0. The van der Waals surface area contributed by atoms with Crippen molar-refractivity contribution in [1.82, 2.24) is 15.3 Å². The van der Waals surface area contributed by atoms with E-state index in [2.05, 4.69) is 15.3 Å². The highest BCUT2D eigenvalue weighted by atomic mass is 16.5. The van der Waals surface area contributed by atoms with Gasteiger partial charge in [-0.1, -0.05) is 0 Å². The molecule has 0 saturated carbocycles. The van der Waals surface area contributed by atoms with E-state index in [4.69, 9.17) is 4.74 Å².